The molecular weight excluding hydrogens is 430 g/mol. The van der Waals surface area contributed by atoms with E-state index in [1.54, 1.807) is 12.0 Å². The van der Waals surface area contributed by atoms with Crippen LogP contribution in [0.3, 0.4) is 0 Å². The largest absolute Gasteiger partial charge is 0.494 e. The molecule has 2 aromatic rings. The van der Waals surface area contributed by atoms with Crippen LogP contribution in [-0.2, 0) is 16.1 Å². The van der Waals surface area contributed by atoms with Crippen LogP contribution in [0, 0.1) is 6.92 Å². The Labute approximate surface area is 202 Å². The standard InChI is InChI=1S/C27H35N3O4/c1-22-8-6-9-23(20-22)21-28-15-12-27(13-16-28)25(31)29(26(32)30(27)17-19-33-2)14-7-18-34-24-10-4-3-5-11-24/h3-6,8-11,20H,7,12-19,21H2,1-2H3. The maximum Gasteiger partial charge on any atom is 0.327 e. The van der Waals surface area contributed by atoms with Gasteiger partial charge in [0.25, 0.3) is 5.91 Å². The quantitative estimate of drug-likeness (QED) is 0.395. The van der Waals surface area contributed by atoms with Gasteiger partial charge in [0, 0.05) is 39.8 Å². The van der Waals surface area contributed by atoms with Gasteiger partial charge in [0.1, 0.15) is 11.3 Å². The summed E-state index contributed by atoms with van der Waals surface area (Å²) in [6, 6.07) is 17.9. The Kier molecular flexibility index (Phi) is 7.85. The van der Waals surface area contributed by atoms with Crippen LogP contribution < -0.4 is 4.74 Å². The molecule has 1 spiro atoms. The third-order valence-electron chi connectivity index (χ3n) is 6.85. The highest BCUT2D eigenvalue weighted by molar-refractivity contribution is 6.07. The van der Waals surface area contributed by atoms with Gasteiger partial charge in [-0.3, -0.25) is 14.6 Å². The van der Waals surface area contributed by atoms with E-state index in [9.17, 15) is 9.59 Å². The number of methoxy groups -OCH3 is 1. The predicted molar refractivity (Wildman–Crippen MR) is 131 cm³/mol. The molecule has 2 heterocycles. The molecule has 0 radical (unpaired) electrons. The number of piperidine rings is 1. The number of amides is 3. The van der Waals surface area contributed by atoms with Crippen LogP contribution in [0.15, 0.2) is 54.6 Å². The Morgan fingerprint density at radius 2 is 1.71 bits per heavy atom. The number of imide groups is 1. The normalized spacial score (nSPS) is 18.2. The van der Waals surface area contributed by atoms with Gasteiger partial charge in [0.2, 0.25) is 0 Å². The molecule has 0 atom stereocenters. The first-order valence-corrected chi connectivity index (χ1v) is 12.1. The van der Waals surface area contributed by atoms with Crippen LogP contribution in [0.25, 0.3) is 0 Å². The van der Waals surface area contributed by atoms with Gasteiger partial charge in [-0.2, -0.15) is 0 Å². The molecule has 34 heavy (non-hydrogen) atoms. The minimum absolute atomic E-state index is 0.0662. The summed E-state index contributed by atoms with van der Waals surface area (Å²) in [6.07, 6.45) is 1.88. The molecule has 7 heteroatoms. The average Bonchev–Trinajstić information content (AvgIpc) is 3.03. The highest BCUT2D eigenvalue weighted by Gasteiger charge is 2.57. The van der Waals surface area contributed by atoms with Crippen molar-refractivity contribution >= 4 is 11.9 Å². The molecule has 4 rings (SSSR count). The van der Waals surface area contributed by atoms with Gasteiger partial charge in [-0.15, -0.1) is 0 Å². The van der Waals surface area contributed by atoms with E-state index >= 15 is 0 Å². The Hall–Kier alpha value is -2.90. The van der Waals surface area contributed by atoms with Crippen molar-refractivity contribution in [2.24, 2.45) is 0 Å². The second kappa shape index (κ2) is 11.0. The lowest BCUT2D eigenvalue weighted by atomic mass is 9.85. The third kappa shape index (κ3) is 5.26. The molecule has 3 amide bonds. The molecule has 0 unspecified atom stereocenters. The lowest BCUT2D eigenvalue weighted by Crippen LogP contribution is -2.57. The summed E-state index contributed by atoms with van der Waals surface area (Å²) < 4.78 is 11.0. The summed E-state index contributed by atoms with van der Waals surface area (Å²) >= 11 is 0. The molecule has 0 bridgehead atoms. The van der Waals surface area contributed by atoms with Crippen LogP contribution in [-0.4, -0.2) is 78.7 Å². The summed E-state index contributed by atoms with van der Waals surface area (Å²) in [5, 5.41) is 0. The van der Waals surface area contributed by atoms with Crippen LogP contribution >= 0.6 is 0 Å². The molecule has 0 saturated carbocycles. The Morgan fingerprint density at radius 1 is 0.941 bits per heavy atom. The summed E-state index contributed by atoms with van der Waals surface area (Å²) in [5.74, 6) is 0.726. The minimum atomic E-state index is -0.765. The number of nitrogens with zero attached hydrogens (tertiary/aromatic N) is 3. The van der Waals surface area contributed by atoms with Crippen LogP contribution in [0.1, 0.15) is 30.4 Å². The molecule has 0 aromatic heterocycles. The van der Waals surface area contributed by atoms with Gasteiger partial charge in [-0.05, 0) is 43.9 Å². The van der Waals surface area contributed by atoms with Crippen LogP contribution in [0.2, 0.25) is 0 Å². The summed E-state index contributed by atoms with van der Waals surface area (Å²) in [6.45, 7) is 6.18. The van der Waals surface area contributed by atoms with Crippen molar-refractivity contribution in [1.82, 2.24) is 14.7 Å². The zero-order valence-corrected chi connectivity index (χ0v) is 20.2. The van der Waals surface area contributed by atoms with Crippen molar-refractivity contribution in [2.75, 3.05) is 46.5 Å². The monoisotopic (exact) mass is 465 g/mol. The highest BCUT2D eigenvalue weighted by Crippen LogP contribution is 2.37. The van der Waals surface area contributed by atoms with E-state index in [0.717, 1.165) is 25.4 Å². The fourth-order valence-corrected chi connectivity index (χ4v) is 5.03. The number of rotatable bonds is 10. The van der Waals surface area contributed by atoms with E-state index in [2.05, 4.69) is 36.1 Å². The average molecular weight is 466 g/mol. The maximum absolute atomic E-state index is 13.6. The van der Waals surface area contributed by atoms with Crippen molar-refractivity contribution in [3.05, 3.63) is 65.7 Å². The number of aryl methyl sites for hydroxylation is 1. The highest BCUT2D eigenvalue weighted by atomic mass is 16.5. The summed E-state index contributed by atoms with van der Waals surface area (Å²) in [5.41, 5.74) is 1.76. The molecule has 2 saturated heterocycles. The number of ether oxygens (including phenoxy) is 2. The number of carbonyl (C=O) groups excluding carboxylic acids is 2. The van der Waals surface area contributed by atoms with E-state index in [0.29, 0.717) is 45.6 Å². The van der Waals surface area contributed by atoms with Crippen LogP contribution in [0.4, 0.5) is 4.79 Å². The maximum atomic E-state index is 13.6. The zero-order valence-electron chi connectivity index (χ0n) is 20.2. The van der Waals surface area contributed by atoms with Crippen molar-refractivity contribution in [3.8, 4) is 5.75 Å². The Bertz CT molecular complexity index is 973. The number of urea groups is 1. The molecular formula is C27H35N3O4. The molecule has 2 aliphatic rings. The lowest BCUT2D eigenvalue weighted by Gasteiger charge is -2.42. The van der Waals surface area contributed by atoms with Gasteiger partial charge < -0.3 is 14.4 Å². The van der Waals surface area contributed by atoms with Gasteiger partial charge >= 0.3 is 6.03 Å². The third-order valence-corrected chi connectivity index (χ3v) is 6.85. The van der Waals surface area contributed by atoms with Gasteiger partial charge in [0.15, 0.2) is 0 Å². The SMILES string of the molecule is COCCN1C(=O)N(CCCOc2ccccc2)C(=O)C12CCN(Cc1cccc(C)c1)CC2. The number of para-hydroxylation sites is 1. The van der Waals surface area contributed by atoms with Crippen LogP contribution in [0.5, 0.6) is 5.75 Å². The number of hydrogen-bond acceptors (Lipinski definition) is 5. The zero-order chi connectivity index (χ0) is 24.0. The Balaban J connectivity index is 1.38. The molecule has 2 fully saturated rings. The molecule has 0 N–H and O–H groups in total. The second-order valence-electron chi connectivity index (χ2n) is 9.20. The summed E-state index contributed by atoms with van der Waals surface area (Å²) in [4.78, 5) is 32.5. The Morgan fingerprint density at radius 3 is 2.41 bits per heavy atom. The van der Waals surface area contributed by atoms with Crippen molar-refractivity contribution in [3.63, 3.8) is 0 Å². The molecule has 182 valence electrons. The van der Waals surface area contributed by atoms with Crippen molar-refractivity contribution in [1.29, 1.82) is 0 Å². The number of hydrogen-bond donors (Lipinski definition) is 0. The van der Waals surface area contributed by atoms with E-state index in [-0.39, 0.29) is 11.9 Å². The number of benzene rings is 2. The minimum Gasteiger partial charge on any atom is -0.494 e. The van der Waals surface area contributed by atoms with Crippen molar-refractivity contribution in [2.45, 2.75) is 38.3 Å². The van der Waals surface area contributed by atoms with Gasteiger partial charge in [0.05, 0.1) is 13.2 Å². The van der Waals surface area contributed by atoms with E-state index < -0.39 is 5.54 Å². The van der Waals surface area contributed by atoms with Gasteiger partial charge in [-0.25, -0.2) is 4.79 Å². The lowest BCUT2D eigenvalue weighted by molar-refractivity contribution is -0.136. The first kappa shape index (κ1) is 24.2. The molecule has 2 aromatic carbocycles. The number of carbonyl (C=O) groups is 2. The van der Waals surface area contributed by atoms with Gasteiger partial charge in [-0.1, -0.05) is 48.0 Å². The van der Waals surface area contributed by atoms with E-state index in [1.807, 2.05) is 30.3 Å². The number of likely N-dealkylation sites (tertiary alicyclic amines) is 1. The topological polar surface area (TPSA) is 62.3 Å². The predicted octanol–water partition coefficient (Wildman–Crippen LogP) is 3.71. The van der Waals surface area contributed by atoms with Crippen molar-refractivity contribution < 1.29 is 19.1 Å². The smallest absolute Gasteiger partial charge is 0.327 e. The molecule has 0 aliphatic carbocycles. The van der Waals surface area contributed by atoms with E-state index in [1.165, 1.54) is 16.0 Å². The fraction of sp³-hybridized carbons (Fsp3) is 0.481. The first-order chi connectivity index (χ1) is 16.5. The van der Waals surface area contributed by atoms with E-state index in [4.69, 9.17) is 9.47 Å². The fourth-order valence-electron chi connectivity index (χ4n) is 5.03. The summed E-state index contributed by atoms with van der Waals surface area (Å²) in [7, 11) is 1.62. The molecule has 7 nitrogen and oxygen atoms in total. The first-order valence-electron chi connectivity index (χ1n) is 12.1. The second-order valence-corrected chi connectivity index (χ2v) is 9.20. The molecule has 2 aliphatic heterocycles.